The zero-order chi connectivity index (χ0) is 14.7. The molecule has 0 aliphatic carbocycles. The Balaban J connectivity index is 1.79. The molecule has 0 unspecified atom stereocenters. The summed E-state index contributed by atoms with van der Waals surface area (Å²) >= 11 is 6.15. The van der Waals surface area contributed by atoms with Gasteiger partial charge >= 0.3 is 0 Å². The van der Waals surface area contributed by atoms with E-state index in [2.05, 4.69) is 33.1 Å². The molecular formula is C16H16ClN3O. The average molecular weight is 302 g/mol. The van der Waals surface area contributed by atoms with E-state index in [0.29, 0.717) is 5.02 Å². The van der Waals surface area contributed by atoms with Crippen molar-refractivity contribution in [3.63, 3.8) is 0 Å². The van der Waals surface area contributed by atoms with Gasteiger partial charge in [0.15, 0.2) is 5.82 Å². The highest BCUT2D eigenvalue weighted by Crippen LogP contribution is 2.29. The van der Waals surface area contributed by atoms with Crippen LogP contribution in [0.1, 0.15) is 12.0 Å². The van der Waals surface area contributed by atoms with Crippen LogP contribution < -0.4 is 9.64 Å². The van der Waals surface area contributed by atoms with E-state index in [0.717, 1.165) is 31.1 Å². The third-order valence-electron chi connectivity index (χ3n) is 3.60. The fourth-order valence-corrected chi connectivity index (χ4v) is 2.71. The van der Waals surface area contributed by atoms with Crippen molar-refractivity contribution in [2.45, 2.75) is 6.42 Å². The maximum Gasteiger partial charge on any atom is 0.151 e. The predicted octanol–water partition coefficient (Wildman–Crippen LogP) is 3.43. The second-order valence-corrected chi connectivity index (χ2v) is 5.26. The zero-order valence-electron chi connectivity index (χ0n) is 11.8. The molecule has 21 heavy (non-hydrogen) atoms. The van der Waals surface area contributed by atoms with Crippen molar-refractivity contribution >= 4 is 23.0 Å². The SMILES string of the molecule is COc1cccc(C2=CCN(c3ncncc3Cl)CC2)c1. The van der Waals surface area contributed by atoms with Gasteiger partial charge in [-0.1, -0.05) is 29.8 Å². The van der Waals surface area contributed by atoms with E-state index >= 15 is 0 Å². The van der Waals surface area contributed by atoms with Gasteiger partial charge in [0.25, 0.3) is 0 Å². The fourth-order valence-electron chi connectivity index (χ4n) is 2.49. The Labute approximate surface area is 129 Å². The standard InChI is InChI=1S/C16H16ClN3O/c1-21-14-4-2-3-13(9-14)12-5-7-20(8-6-12)16-15(17)10-18-11-19-16/h2-5,9-11H,6-8H2,1H3. The number of ether oxygens (including phenoxy) is 1. The molecule has 1 aliphatic rings. The minimum absolute atomic E-state index is 0.593. The second-order valence-electron chi connectivity index (χ2n) is 4.85. The van der Waals surface area contributed by atoms with Crippen molar-refractivity contribution in [3.05, 3.63) is 53.5 Å². The molecule has 1 aromatic carbocycles. The summed E-state index contributed by atoms with van der Waals surface area (Å²) in [5.41, 5.74) is 2.54. The summed E-state index contributed by atoms with van der Waals surface area (Å²) in [4.78, 5) is 10.3. The Bertz CT molecular complexity index is 672. The van der Waals surface area contributed by atoms with Gasteiger partial charge in [-0.3, -0.25) is 0 Å². The van der Waals surface area contributed by atoms with E-state index < -0.39 is 0 Å². The van der Waals surface area contributed by atoms with E-state index in [9.17, 15) is 0 Å². The summed E-state index contributed by atoms with van der Waals surface area (Å²) in [7, 11) is 1.69. The van der Waals surface area contributed by atoms with E-state index in [1.165, 1.54) is 17.5 Å². The fraction of sp³-hybridized carbons (Fsp3) is 0.250. The third kappa shape index (κ3) is 3.00. The van der Waals surface area contributed by atoms with Gasteiger partial charge in [0.2, 0.25) is 0 Å². The number of rotatable bonds is 3. The maximum absolute atomic E-state index is 6.15. The van der Waals surface area contributed by atoms with Gasteiger partial charge in [-0.2, -0.15) is 0 Å². The van der Waals surface area contributed by atoms with Crippen molar-refractivity contribution < 1.29 is 4.74 Å². The highest BCUT2D eigenvalue weighted by molar-refractivity contribution is 6.32. The van der Waals surface area contributed by atoms with Crippen LogP contribution in [0.3, 0.4) is 0 Å². The molecular weight excluding hydrogens is 286 g/mol. The smallest absolute Gasteiger partial charge is 0.151 e. The maximum atomic E-state index is 6.15. The van der Waals surface area contributed by atoms with Crippen molar-refractivity contribution in [2.24, 2.45) is 0 Å². The Morgan fingerprint density at radius 3 is 2.95 bits per heavy atom. The number of hydrogen-bond donors (Lipinski definition) is 0. The molecule has 0 spiro atoms. The van der Waals surface area contributed by atoms with Crippen LogP contribution >= 0.6 is 11.6 Å². The number of hydrogen-bond acceptors (Lipinski definition) is 4. The summed E-state index contributed by atoms with van der Waals surface area (Å²) in [5, 5.41) is 0.593. The lowest BCUT2D eigenvalue weighted by Crippen LogP contribution is -2.29. The largest absolute Gasteiger partial charge is 0.497 e. The first-order valence-corrected chi connectivity index (χ1v) is 7.19. The van der Waals surface area contributed by atoms with E-state index in [1.807, 2.05) is 12.1 Å². The molecule has 108 valence electrons. The molecule has 0 saturated heterocycles. The van der Waals surface area contributed by atoms with Gasteiger partial charge in [-0.25, -0.2) is 9.97 Å². The molecule has 0 radical (unpaired) electrons. The molecule has 4 nitrogen and oxygen atoms in total. The van der Waals surface area contributed by atoms with E-state index in [1.54, 1.807) is 13.3 Å². The number of halogens is 1. The van der Waals surface area contributed by atoms with Crippen LogP contribution in [-0.2, 0) is 0 Å². The molecule has 5 heteroatoms. The summed E-state index contributed by atoms with van der Waals surface area (Å²) in [6.07, 6.45) is 6.33. The van der Waals surface area contributed by atoms with E-state index in [-0.39, 0.29) is 0 Å². The molecule has 0 amide bonds. The molecule has 0 N–H and O–H groups in total. The third-order valence-corrected chi connectivity index (χ3v) is 3.86. The quantitative estimate of drug-likeness (QED) is 0.870. The molecule has 1 aromatic heterocycles. The lowest BCUT2D eigenvalue weighted by Gasteiger charge is -2.28. The van der Waals surface area contributed by atoms with Crippen LogP contribution in [0.4, 0.5) is 5.82 Å². The topological polar surface area (TPSA) is 38.2 Å². The molecule has 0 saturated carbocycles. The number of nitrogens with zero attached hydrogens (tertiary/aromatic N) is 3. The second kappa shape index (κ2) is 6.14. The number of benzene rings is 1. The van der Waals surface area contributed by atoms with Gasteiger partial charge < -0.3 is 9.64 Å². The summed E-state index contributed by atoms with van der Waals surface area (Å²) in [5.74, 6) is 1.68. The predicted molar refractivity (Wildman–Crippen MR) is 84.8 cm³/mol. The Morgan fingerprint density at radius 1 is 1.33 bits per heavy atom. The van der Waals surface area contributed by atoms with Crippen molar-refractivity contribution in [1.29, 1.82) is 0 Å². The molecule has 0 fully saturated rings. The normalized spacial score (nSPS) is 14.8. The van der Waals surface area contributed by atoms with Gasteiger partial charge in [-0.15, -0.1) is 0 Å². The minimum Gasteiger partial charge on any atom is -0.497 e. The Kier molecular flexibility index (Phi) is 4.06. The first-order valence-electron chi connectivity index (χ1n) is 6.82. The first kappa shape index (κ1) is 13.9. The molecule has 2 aromatic rings. The number of aromatic nitrogens is 2. The van der Waals surface area contributed by atoms with Crippen molar-refractivity contribution in [2.75, 3.05) is 25.1 Å². The monoisotopic (exact) mass is 301 g/mol. The molecule has 2 heterocycles. The van der Waals surface area contributed by atoms with Gasteiger partial charge in [0.05, 0.1) is 13.3 Å². The van der Waals surface area contributed by atoms with Crippen LogP contribution in [0.25, 0.3) is 5.57 Å². The van der Waals surface area contributed by atoms with Crippen LogP contribution in [0.5, 0.6) is 5.75 Å². The van der Waals surface area contributed by atoms with Crippen molar-refractivity contribution in [3.8, 4) is 5.75 Å². The summed E-state index contributed by atoms with van der Waals surface area (Å²) in [6, 6.07) is 8.16. The first-order chi connectivity index (χ1) is 10.3. The van der Waals surface area contributed by atoms with E-state index in [4.69, 9.17) is 16.3 Å². The highest BCUT2D eigenvalue weighted by atomic mass is 35.5. The summed E-state index contributed by atoms with van der Waals surface area (Å²) < 4.78 is 5.28. The number of anilines is 1. The van der Waals surface area contributed by atoms with Crippen LogP contribution in [-0.4, -0.2) is 30.2 Å². The lowest BCUT2D eigenvalue weighted by atomic mass is 9.99. The van der Waals surface area contributed by atoms with Gasteiger partial charge in [-0.05, 0) is 29.7 Å². The van der Waals surface area contributed by atoms with Crippen molar-refractivity contribution in [1.82, 2.24) is 9.97 Å². The zero-order valence-corrected chi connectivity index (χ0v) is 12.5. The highest BCUT2D eigenvalue weighted by Gasteiger charge is 2.16. The lowest BCUT2D eigenvalue weighted by molar-refractivity contribution is 0.414. The Morgan fingerprint density at radius 2 is 2.24 bits per heavy atom. The average Bonchev–Trinajstić information content (AvgIpc) is 2.56. The Hall–Kier alpha value is -2.07. The molecule has 0 atom stereocenters. The molecule has 0 bridgehead atoms. The molecule has 3 rings (SSSR count). The summed E-state index contributed by atoms with van der Waals surface area (Å²) in [6.45, 7) is 1.68. The van der Waals surface area contributed by atoms with Gasteiger partial charge in [0, 0.05) is 13.1 Å². The molecule has 1 aliphatic heterocycles. The van der Waals surface area contributed by atoms with Crippen LogP contribution in [0.15, 0.2) is 42.9 Å². The minimum atomic E-state index is 0.593. The van der Waals surface area contributed by atoms with Gasteiger partial charge in [0.1, 0.15) is 17.1 Å². The number of methoxy groups -OCH3 is 1. The van der Waals surface area contributed by atoms with Crippen LogP contribution in [0.2, 0.25) is 5.02 Å². The van der Waals surface area contributed by atoms with Crippen LogP contribution in [0, 0.1) is 0 Å².